The summed E-state index contributed by atoms with van der Waals surface area (Å²) in [7, 11) is -1.58. The number of likely N-dealkylation sites (tertiary alicyclic amines) is 4. The molecule has 0 aromatic carbocycles. The van der Waals surface area contributed by atoms with Gasteiger partial charge in [-0.1, -0.05) is 0 Å². The third-order valence-electron chi connectivity index (χ3n) is 11.6. The molecule has 0 aromatic rings. The molecule has 5 saturated heterocycles. The van der Waals surface area contributed by atoms with Crippen molar-refractivity contribution in [2.75, 3.05) is 32.7 Å². The number of hydrogen-bond donors (Lipinski definition) is 4. The molecule has 72 heavy (non-hydrogen) atoms. The number of amides is 4. The topological polar surface area (TPSA) is 234 Å². The standard InChI is InChI=1S/C14H29NO3Si.C11H21NO3.C11H19NO3.C10H17NO3.C6H13NO2/c1-11(18-19(5,6)7)12-9-8-10-15(12)13(16)17-14(2,3)4;2*1-8(13)9-6-5-7-12(9)10(14)15-11(2,3)4;1-10(2,3)14-9(13)11-6-4-5-8(11)7-12;1-6(8,9)5-3-2-4-7-5/h11-12H,8-10H2,1-7H3;8-9,13H,5-7H2,1-4H3;9H,5-7H2,1-4H3;7-8H,4-6H2,1-3H3;5,7-9H,2-4H2,1H3/t11?,12-;8?,9-;9-;8-;5-/m00000/s1. The van der Waals surface area contributed by atoms with Crippen LogP contribution in [0.2, 0.25) is 19.6 Å². The smallest absolute Gasteiger partial charge is 0.410 e. The van der Waals surface area contributed by atoms with Gasteiger partial charge in [-0.2, -0.15) is 0 Å². The number of nitrogens with one attached hydrogen (secondary N) is 1. The summed E-state index contributed by atoms with van der Waals surface area (Å²) in [6.07, 6.45) is 8.14. The van der Waals surface area contributed by atoms with Crippen LogP contribution in [0, 0.1) is 0 Å². The third-order valence-corrected chi connectivity index (χ3v) is 12.7. The van der Waals surface area contributed by atoms with Gasteiger partial charge in [0, 0.05) is 26.2 Å². The summed E-state index contributed by atoms with van der Waals surface area (Å²) in [5.74, 6) is -1.49. The molecule has 0 radical (unpaired) electrons. The molecule has 0 saturated carbocycles. The maximum Gasteiger partial charge on any atom is 0.410 e. The van der Waals surface area contributed by atoms with Crippen LogP contribution in [-0.4, -0.2) is 183 Å². The molecule has 0 aromatic heterocycles. The van der Waals surface area contributed by atoms with Crippen molar-refractivity contribution >= 4 is 44.8 Å². The number of carbonyl (C=O) groups excluding carboxylic acids is 6. The minimum atomic E-state index is -1.58. The number of rotatable bonds is 7. The second-order valence-corrected chi connectivity index (χ2v) is 29.1. The Morgan fingerprint density at radius 1 is 0.569 bits per heavy atom. The first kappa shape index (κ1) is 66.5. The van der Waals surface area contributed by atoms with E-state index in [-0.39, 0.29) is 66.5 Å². The predicted molar refractivity (Wildman–Crippen MR) is 280 cm³/mol. The van der Waals surface area contributed by atoms with Gasteiger partial charge in [0.2, 0.25) is 0 Å². The van der Waals surface area contributed by atoms with Crippen LogP contribution in [0.3, 0.4) is 0 Å². The van der Waals surface area contributed by atoms with Gasteiger partial charge in [-0.25, -0.2) is 19.2 Å². The summed E-state index contributed by atoms with van der Waals surface area (Å²) >= 11 is 0. The summed E-state index contributed by atoms with van der Waals surface area (Å²) in [5.41, 5.74) is -1.90. The summed E-state index contributed by atoms with van der Waals surface area (Å²) in [6, 6.07) is -0.622. The van der Waals surface area contributed by atoms with E-state index in [9.17, 15) is 33.9 Å². The van der Waals surface area contributed by atoms with Gasteiger partial charge in [0.1, 0.15) is 28.7 Å². The Morgan fingerprint density at radius 2 is 0.944 bits per heavy atom. The number of hydrogen-bond acceptors (Lipinski definition) is 15. The van der Waals surface area contributed by atoms with E-state index in [1.165, 1.54) is 23.6 Å². The normalized spacial score (nSPS) is 23.4. The summed E-state index contributed by atoms with van der Waals surface area (Å²) in [5, 5.41) is 30.5. The Balaban J connectivity index is 0.000000457. The highest BCUT2D eigenvalue weighted by Gasteiger charge is 2.39. The first-order valence-electron chi connectivity index (χ1n) is 26.1. The number of nitrogens with zero attached hydrogens (tertiary/aromatic N) is 4. The van der Waals surface area contributed by atoms with Crippen molar-refractivity contribution in [2.24, 2.45) is 0 Å². The molecule has 5 heterocycles. The number of aliphatic hydroxyl groups excluding tert-OH is 1. The van der Waals surface area contributed by atoms with Crippen LogP contribution in [0.15, 0.2) is 0 Å². The molecule has 0 spiro atoms. The van der Waals surface area contributed by atoms with Crippen molar-refractivity contribution in [2.45, 2.75) is 265 Å². The Kier molecular flexibility index (Phi) is 26.2. The SMILES string of the molecule is CC(=O)[C@@H]1CCCN1C(=O)OC(C)(C)C.CC(C)(C)OC(=O)N1CCC[C@H]1C=O.CC(O)(O)[C@@H]1CCCN1.CC(O)[C@@H]1CCCN1C(=O)OC(C)(C)C.CC(O[Si](C)(C)C)[C@@H]1CCCN1C(=O)OC(C)(C)C. The molecule has 0 bridgehead atoms. The zero-order valence-corrected chi connectivity index (χ0v) is 48.8. The highest BCUT2D eigenvalue weighted by atomic mass is 28.4. The lowest BCUT2D eigenvalue weighted by Gasteiger charge is -2.34. The molecule has 2 unspecified atom stereocenters. The zero-order chi connectivity index (χ0) is 55.8. The number of carbonyl (C=O) groups is 6. The van der Waals surface area contributed by atoms with E-state index in [0.717, 1.165) is 83.6 Å². The average Bonchev–Trinajstić information content (AvgIpc) is 4.04. The van der Waals surface area contributed by atoms with Gasteiger partial charge in [-0.15, -0.1) is 0 Å². The lowest BCUT2D eigenvalue weighted by Crippen LogP contribution is -2.47. The maximum absolute atomic E-state index is 12.2. The van der Waals surface area contributed by atoms with Gasteiger partial charge in [-0.3, -0.25) is 14.6 Å². The van der Waals surface area contributed by atoms with E-state index < -0.39 is 42.6 Å². The first-order chi connectivity index (χ1) is 32.7. The van der Waals surface area contributed by atoms with E-state index in [4.69, 9.17) is 33.6 Å². The van der Waals surface area contributed by atoms with Gasteiger partial charge in [0.05, 0.1) is 42.4 Å². The zero-order valence-electron chi connectivity index (χ0n) is 47.8. The monoisotopic (exact) mass is 1050 g/mol. The van der Waals surface area contributed by atoms with Gasteiger partial charge >= 0.3 is 24.4 Å². The summed E-state index contributed by atoms with van der Waals surface area (Å²) in [6.45, 7) is 39.0. The Labute approximate surface area is 433 Å². The molecule has 20 heteroatoms. The molecule has 5 aliphatic rings. The van der Waals surface area contributed by atoms with Crippen molar-refractivity contribution in [3.63, 3.8) is 0 Å². The molecule has 5 fully saturated rings. The fraction of sp³-hybridized carbons (Fsp3) is 0.885. The number of Topliss-reactive ketones (excluding diaryl/α,β-unsaturated/α-hetero) is 1. The van der Waals surface area contributed by atoms with Gasteiger partial charge in [0.15, 0.2) is 19.9 Å². The van der Waals surface area contributed by atoms with Crippen LogP contribution in [0.5, 0.6) is 0 Å². The van der Waals surface area contributed by atoms with Gasteiger partial charge in [0.25, 0.3) is 0 Å². The van der Waals surface area contributed by atoms with Crippen LogP contribution in [-0.2, 0) is 33.0 Å². The Morgan fingerprint density at radius 3 is 1.31 bits per heavy atom. The minimum Gasteiger partial charge on any atom is -0.444 e. The van der Waals surface area contributed by atoms with Crippen LogP contribution in [0.1, 0.15) is 175 Å². The third kappa shape index (κ3) is 26.1. The van der Waals surface area contributed by atoms with Crippen molar-refractivity contribution in [3.05, 3.63) is 0 Å². The second kappa shape index (κ2) is 28.4. The number of aldehydes is 1. The fourth-order valence-electron chi connectivity index (χ4n) is 8.67. The van der Waals surface area contributed by atoms with Crippen LogP contribution in [0.4, 0.5) is 19.2 Å². The maximum atomic E-state index is 12.2. The fourth-order valence-corrected chi connectivity index (χ4v) is 9.94. The van der Waals surface area contributed by atoms with Crippen molar-refractivity contribution < 1.29 is 67.5 Å². The molecular weight excluding hydrogens is 947 g/mol. The molecule has 7 atom stereocenters. The predicted octanol–water partition coefficient (Wildman–Crippen LogP) is 8.39. The Bertz CT molecular complexity index is 1700. The largest absolute Gasteiger partial charge is 0.444 e. The van der Waals surface area contributed by atoms with Crippen molar-refractivity contribution in [1.29, 1.82) is 0 Å². The quantitative estimate of drug-likeness (QED) is 0.0811. The van der Waals surface area contributed by atoms with Gasteiger partial charge < -0.3 is 58.6 Å². The Hall–Kier alpha value is -3.56. The molecule has 4 N–H and O–H groups in total. The molecule has 420 valence electrons. The number of ketones is 1. The summed E-state index contributed by atoms with van der Waals surface area (Å²) in [4.78, 5) is 75.7. The highest BCUT2D eigenvalue weighted by Crippen LogP contribution is 2.27. The van der Waals surface area contributed by atoms with Crippen molar-refractivity contribution in [1.82, 2.24) is 24.9 Å². The molecule has 19 nitrogen and oxygen atoms in total. The molecule has 5 rings (SSSR count). The molecular formula is C52H99N5O14Si. The lowest BCUT2D eigenvalue weighted by atomic mass is 10.1. The van der Waals surface area contributed by atoms with Crippen molar-refractivity contribution in [3.8, 4) is 0 Å². The number of ether oxygens (including phenoxy) is 4. The highest BCUT2D eigenvalue weighted by molar-refractivity contribution is 6.69. The minimum absolute atomic E-state index is 0.0401. The number of aliphatic hydroxyl groups is 3. The van der Waals surface area contributed by atoms with E-state index in [0.29, 0.717) is 19.6 Å². The molecule has 5 aliphatic heterocycles. The van der Waals surface area contributed by atoms with Crippen LogP contribution in [0.25, 0.3) is 0 Å². The second-order valence-electron chi connectivity index (χ2n) is 24.6. The van der Waals surface area contributed by atoms with E-state index in [1.54, 1.807) is 11.8 Å². The average molecular weight is 1050 g/mol. The first-order valence-corrected chi connectivity index (χ1v) is 29.6. The van der Waals surface area contributed by atoms with E-state index >= 15 is 0 Å². The van der Waals surface area contributed by atoms with Crippen LogP contribution < -0.4 is 5.32 Å². The van der Waals surface area contributed by atoms with E-state index in [2.05, 4.69) is 31.9 Å². The van der Waals surface area contributed by atoms with Gasteiger partial charge in [-0.05, 0) is 201 Å². The molecule has 4 amide bonds. The van der Waals surface area contributed by atoms with Crippen LogP contribution >= 0.6 is 0 Å². The summed E-state index contributed by atoms with van der Waals surface area (Å²) < 4.78 is 27.3. The lowest BCUT2D eigenvalue weighted by molar-refractivity contribution is -0.164. The molecule has 0 aliphatic carbocycles. The van der Waals surface area contributed by atoms with E-state index in [1.807, 2.05) is 88.0 Å².